The summed E-state index contributed by atoms with van der Waals surface area (Å²) < 4.78 is 16.5. The Hall–Kier alpha value is -4.00. The Balaban J connectivity index is 1.55. The molecule has 0 aliphatic heterocycles. The van der Waals surface area contributed by atoms with Gasteiger partial charge in [-0.3, -0.25) is 4.79 Å². The molecule has 4 aromatic rings. The molecule has 0 spiro atoms. The van der Waals surface area contributed by atoms with Crippen LogP contribution in [-0.4, -0.2) is 30.2 Å². The fraction of sp³-hybridized carbons (Fsp3) is 0.130. The number of aromatic hydroxyl groups is 1. The molecule has 152 valence electrons. The first-order valence-electron chi connectivity index (χ1n) is 9.26. The fourth-order valence-corrected chi connectivity index (χ4v) is 3.13. The third kappa shape index (κ3) is 3.65. The summed E-state index contributed by atoms with van der Waals surface area (Å²) in [4.78, 5) is 24.8. The van der Waals surface area contributed by atoms with Gasteiger partial charge in [-0.15, -0.1) is 0 Å². The molecule has 30 heavy (non-hydrogen) atoms. The average Bonchev–Trinajstić information content (AvgIpc) is 3.10. The van der Waals surface area contributed by atoms with Crippen molar-refractivity contribution in [2.75, 3.05) is 12.4 Å². The van der Waals surface area contributed by atoms with E-state index in [0.717, 1.165) is 16.4 Å². The number of carbonyl (C=O) groups is 2. The Labute approximate surface area is 171 Å². The van der Waals surface area contributed by atoms with Crippen LogP contribution in [0.1, 0.15) is 17.3 Å². The number of furan rings is 1. The Morgan fingerprint density at radius 1 is 1.00 bits per heavy atom. The van der Waals surface area contributed by atoms with E-state index in [0.29, 0.717) is 17.0 Å². The van der Waals surface area contributed by atoms with Crippen molar-refractivity contribution in [1.82, 2.24) is 0 Å². The molecule has 0 aliphatic rings. The maximum Gasteiger partial charge on any atom is 0.338 e. The second kappa shape index (κ2) is 7.79. The lowest BCUT2D eigenvalue weighted by Gasteiger charge is -2.15. The van der Waals surface area contributed by atoms with Gasteiger partial charge in [-0.05, 0) is 43.3 Å². The minimum absolute atomic E-state index is 0.0328. The summed E-state index contributed by atoms with van der Waals surface area (Å²) in [5, 5.41) is 13.8. The molecular weight excluding hydrogens is 386 g/mol. The summed E-state index contributed by atoms with van der Waals surface area (Å²) in [6, 6.07) is 16.7. The number of fused-ring (bicyclic) bond motifs is 3. The topological polar surface area (TPSA) is 98.0 Å². The van der Waals surface area contributed by atoms with Crippen molar-refractivity contribution in [2.24, 2.45) is 0 Å². The number of rotatable bonds is 5. The Morgan fingerprint density at radius 3 is 2.47 bits per heavy atom. The highest BCUT2D eigenvalue weighted by Gasteiger charge is 2.21. The molecule has 0 saturated carbocycles. The number of hydrogen-bond donors (Lipinski definition) is 2. The van der Waals surface area contributed by atoms with Crippen LogP contribution < -0.4 is 10.1 Å². The highest BCUT2D eigenvalue weighted by Crippen LogP contribution is 2.36. The van der Waals surface area contributed by atoms with Gasteiger partial charge in [0.15, 0.2) is 6.10 Å². The molecule has 0 fully saturated rings. The molecule has 2 N–H and O–H groups in total. The first kappa shape index (κ1) is 19.3. The van der Waals surface area contributed by atoms with Crippen LogP contribution in [0.4, 0.5) is 5.69 Å². The van der Waals surface area contributed by atoms with Gasteiger partial charge in [0.05, 0.1) is 18.4 Å². The number of phenols is 1. The summed E-state index contributed by atoms with van der Waals surface area (Å²) in [7, 11) is 1.51. The quantitative estimate of drug-likeness (QED) is 0.475. The number of nitrogens with one attached hydrogen (secondary N) is 1. The first-order chi connectivity index (χ1) is 14.5. The Kier molecular flexibility index (Phi) is 5.02. The maximum atomic E-state index is 12.6. The molecule has 0 bridgehead atoms. The maximum absolute atomic E-state index is 12.6. The minimum Gasteiger partial charge on any atom is -0.508 e. The molecule has 3 aromatic carbocycles. The second-order valence-corrected chi connectivity index (χ2v) is 6.73. The van der Waals surface area contributed by atoms with Crippen molar-refractivity contribution < 1.29 is 28.6 Å². The first-order valence-corrected chi connectivity index (χ1v) is 9.26. The van der Waals surface area contributed by atoms with E-state index in [1.54, 1.807) is 12.1 Å². The molecule has 1 aromatic heterocycles. The lowest BCUT2D eigenvalue weighted by molar-refractivity contribution is -0.123. The zero-order valence-electron chi connectivity index (χ0n) is 16.3. The number of para-hydroxylation sites is 1. The van der Waals surface area contributed by atoms with E-state index in [9.17, 15) is 14.7 Å². The van der Waals surface area contributed by atoms with Gasteiger partial charge in [0.1, 0.15) is 22.7 Å². The smallest absolute Gasteiger partial charge is 0.338 e. The minimum atomic E-state index is -1.05. The predicted octanol–water partition coefficient (Wildman–Crippen LogP) is 4.48. The van der Waals surface area contributed by atoms with Crippen LogP contribution in [0, 0.1) is 0 Å². The monoisotopic (exact) mass is 405 g/mol. The van der Waals surface area contributed by atoms with Crippen molar-refractivity contribution in [3.63, 3.8) is 0 Å². The molecule has 0 unspecified atom stereocenters. The lowest BCUT2D eigenvalue weighted by Crippen LogP contribution is -2.30. The van der Waals surface area contributed by atoms with Crippen molar-refractivity contribution in [2.45, 2.75) is 13.0 Å². The van der Waals surface area contributed by atoms with Crippen molar-refractivity contribution >= 4 is 39.5 Å². The van der Waals surface area contributed by atoms with Gasteiger partial charge in [-0.25, -0.2) is 4.79 Å². The van der Waals surface area contributed by atoms with E-state index in [1.807, 2.05) is 24.3 Å². The molecule has 1 atom stereocenters. The number of carbonyl (C=O) groups excluding carboxylic acids is 2. The summed E-state index contributed by atoms with van der Waals surface area (Å²) in [6.45, 7) is 1.47. The van der Waals surface area contributed by atoms with Crippen molar-refractivity contribution in [1.29, 1.82) is 0 Å². The SMILES string of the molecule is COc1cc2c(cc1NC(=O)[C@@H](C)OC(=O)c1ccc(O)cc1)oc1ccccc12. The number of benzene rings is 3. The summed E-state index contributed by atoms with van der Waals surface area (Å²) in [6.07, 6.45) is -1.05. The van der Waals surface area contributed by atoms with E-state index in [-0.39, 0.29) is 11.3 Å². The summed E-state index contributed by atoms with van der Waals surface area (Å²) in [5.41, 5.74) is 1.96. The molecule has 1 heterocycles. The average molecular weight is 405 g/mol. The largest absolute Gasteiger partial charge is 0.508 e. The molecule has 0 aliphatic carbocycles. The van der Waals surface area contributed by atoms with Gasteiger partial charge >= 0.3 is 5.97 Å². The van der Waals surface area contributed by atoms with E-state index < -0.39 is 18.0 Å². The van der Waals surface area contributed by atoms with Crippen molar-refractivity contribution in [3.05, 3.63) is 66.2 Å². The van der Waals surface area contributed by atoms with Crippen LogP contribution in [0.5, 0.6) is 11.5 Å². The highest BCUT2D eigenvalue weighted by molar-refractivity contribution is 6.08. The Morgan fingerprint density at radius 2 is 1.73 bits per heavy atom. The summed E-state index contributed by atoms with van der Waals surface area (Å²) in [5.74, 6) is -0.696. The molecule has 1 amide bonds. The van der Waals surface area contributed by atoms with Crippen molar-refractivity contribution in [3.8, 4) is 11.5 Å². The van der Waals surface area contributed by atoms with E-state index >= 15 is 0 Å². The van der Waals surface area contributed by atoms with Gasteiger partial charge in [0.2, 0.25) is 0 Å². The molecule has 7 heteroatoms. The Bertz CT molecular complexity index is 1240. The molecule has 0 saturated heterocycles. The van der Waals surface area contributed by atoms with E-state index in [4.69, 9.17) is 13.9 Å². The fourth-order valence-electron chi connectivity index (χ4n) is 3.13. The number of esters is 1. The van der Waals surface area contributed by atoms with Crippen LogP contribution in [0.15, 0.2) is 65.1 Å². The number of methoxy groups -OCH3 is 1. The third-order valence-electron chi connectivity index (χ3n) is 4.71. The van der Waals surface area contributed by atoms with Gasteiger partial charge in [0, 0.05) is 16.8 Å². The number of phenolic OH excluding ortho intramolecular Hbond substituents is 1. The van der Waals surface area contributed by atoms with E-state index in [2.05, 4.69) is 5.32 Å². The zero-order valence-corrected chi connectivity index (χ0v) is 16.3. The third-order valence-corrected chi connectivity index (χ3v) is 4.71. The van der Waals surface area contributed by atoms with Gasteiger partial charge in [-0.2, -0.15) is 0 Å². The molecule has 0 radical (unpaired) electrons. The zero-order chi connectivity index (χ0) is 21.3. The predicted molar refractivity (Wildman–Crippen MR) is 112 cm³/mol. The normalized spacial score (nSPS) is 11.9. The van der Waals surface area contributed by atoms with Gasteiger partial charge in [-0.1, -0.05) is 18.2 Å². The number of hydrogen-bond acceptors (Lipinski definition) is 6. The lowest BCUT2D eigenvalue weighted by atomic mass is 10.1. The molecular formula is C23H19NO6. The van der Waals surface area contributed by atoms with Gasteiger partial charge in [0.25, 0.3) is 5.91 Å². The standard InChI is InChI=1S/C23H19NO6/c1-13(29-23(27)14-7-9-15(25)10-8-14)22(26)24-18-12-20-17(11-21(18)28-2)16-5-3-4-6-19(16)30-20/h3-13,25H,1-2H3,(H,24,26)/t13-/m1/s1. The van der Waals surface area contributed by atoms with Crippen LogP contribution in [0.3, 0.4) is 0 Å². The number of ether oxygens (including phenoxy) is 2. The summed E-state index contributed by atoms with van der Waals surface area (Å²) >= 11 is 0. The highest BCUT2D eigenvalue weighted by atomic mass is 16.5. The molecule has 4 rings (SSSR count). The van der Waals surface area contributed by atoms with E-state index in [1.165, 1.54) is 38.3 Å². The van der Waals surface area contributed by atoms with Crippen LogP contribution in [0.2, 0.25) is 0 Å². The number of amides is 1. The van der Waals surface area contributed by atoms with Crippen LogP contribution in [-0.2, 0) is 9.53 Å². The second-order valence-electron chi connectivity index (χ2n) is 6.73. The number of anilines is 1. The van der Waals surface area contributed by atoms with Crippen LogP contribution >= 0.6 is 0 Å². The van der Waals surface area contributed by atoms with Gasteiger partial charge < -0.3 is 24.3 Å². The molecule has 7 nitrogen and oxygen atoms in total. The van der Waals surface area contributed by atoms with Crippen LogP contribution in [0.25, 0.3) is 21.9 Å².